The first-order valence-corrected chi connectivity index (χ1v) is 12.8. The molecule has 1 unspecified atom stereocenters. The molecule has 1 heterocycles. The van der Waals surface area contributed by atoms with Crippen molar-refractivity contribution in [1.29, 1.82) is 0 Å². The normalized spacial score (nSPS) is 15.6. The monoisotopic (exact) mass is 443 g/mol. The van der Waals surface area contributed by atoms with E-state index in [0.717, 1.165) is 37.0 Å². The van der Waals surface area contributed by atoms with E-state index in [1.807, 2.05) is 32.0 Å². The molecular formula is C24H33N3O3S. The van der Waals surface area contributed by atoms with Crippen LogP contribution in [-0.4, -0.2) is 44.6 Å². The van der Waals surface area contributed by atoms with Crippen molar-refractivity contribution in [1.82, 2.24) is 10.2 Å². The minimum atomic E-state index is -3.63. The van der Waals surface area contributed by atoms with Gasteiger partial charge >= 0.3 is 0 Å². The second kappa shape index (κ2) is 10.3. The van der Waals surface area contributed by atoms with Gasteiger partial charge in [0.1, 0.15) is 6.04 Å². The SMILES string of the molecule is CCC(C(=O)NCc1cccc(CN2CCCC2)c1)N(c1cccc(C)c1)S(C)(=O)=O. The average molecular weight is 444 g/mol. The summed E-state index contributed by atoms with van der Waals surface area (Å²) < 4.78 is 26.4. The second-order valence-corrected chi connectivity index (χ2v) is 10.2. The van der Waals surface area contributed by atoms with Crippen LogP contribution in [0.2, 0.25) is 0 Å². The summed E-state index contributed by atoms with van der Waals surface area (Å²) in [5.41, 5.74) is 3.70. The van der Waals surface area contributed by atoms with Gasteiger partial charge in [-0.3, -0.25) is 14.0 Å². The standard InChI is InChI=1S/C24H33N3O3S/c1-4-23(27(31(3,29)30)22-12-7-9-19(2)15-22)24(28)25-17-20-10-8-11-21(16-20)18-26-13-5-6-14-26/h7-12,15-16,23H,4-6,13-14,17-18H2,1-3H3,(H,25,28). The molecule has 0 aliphatic carbocycles. The number of nitrogens with one attached hydrogen (secondary N) is 1. The fourth-order valence-corrected chi connectivity index (χ4v) is 5.37. The van der Waals surface area contributed by atoms with Crippen molar-refractivity contribution in [2.75, 3.05) is 23.7 Å². The van der Waals surface area contributed by atoms with Gasteiger partial charge in [0.05, 0.1) is 11.9 Å². The van der Waals surface area contributed by atoms with E-state index in [1.54, 1.807) is 18.2 Å². The number of hydrogen-bond donors (Lipinski definition) is 1. The van der Waals surface area contributed by atoms with E-state index in [0.29, 0.717) is 18.7 Å². The maximum absolute atomic E-state index is 13.0. The van der Waals surface area contributed by atoms with Crippen LogP contribution in [-0.2, 0) is 27.9 Å². The number of carbonyl (C=O) groups is 1. The third-order valence-electron chi connectivity index (χ3n) is 5.65. The van der Waals surface area contributed by atoms with E-state index in [9.17, 15) is 13.2 Å². The van der Waals surface area contributed by atoms with Gasteiger partial charge in [0.15, 0.2) is 0 Å². The molecule has 168 valence electrons. The van der Waals surface area contributed by atoms with E-state index in [2.05, 4.69) is 22.3 Å². The first-order chi connectivity index (χ1) is 14.8. The van der Waals surface area contributed by atoms with Crippen LogP contribution in [0, 0.1) is 6.92 Å². The van der Waals surface area contributed by atoms with Crippen LogP contribution in [0.1, 0.15) is 42.9 Å². The smallest absolute Gasteiger partial charge is 0.244 e. The number of amides is 1. The van der Waals surface area contributed by atoms with Crippen LogP contribution in [0.15, 0.2) is 48.5 Å². The largest absolute Gasteiger partial charge is 0.350 e. The van der Waals surface area contributed by atoms with Crippen molar-refractivity contribution >= 4 is 21.6 Å². The molecule has 1 atom stereocenters. The molecule has 6 nitrogen and oxygen atoms in total. The quantitative estimate of drug-likeness (QED) is 0.644. The molecule has 1 fully saturated rings. The molecule has 0 spiro atoms. The highest BCUT2D eigenvalue weighted by atomic mass is 32.2. The Hall–Kier alpha value is -2.38. The van der Waals surface area contributed by atoms with Crippen molar-refractivity contribution in [3.05, 3.63) is 65.2 Å². The molecule has 2 aromatic carbocycles. The van der Waals surface area contributed by atoms with Crippen molar-refractivity contribution in [3.63, 3.8) is 0 Å². The van der Waals surface area contributed by atoms with E-state index in [4.69, 9.17) is 0 Å². The maximum Gasteiger partial charge on any atom is 0.244 e. The number of anilines is 1. The summed E-state index contributed by atoms with van der Waals surface area (Å²) in [4.78, 5) is 15.5. The summed E-state index contributed by atoms with van der Waals surface area (Å²) >= 11 is 0. The van der Waals surface area contributed by atoms with Gasteiger partial charge in [-0.1, -0.05) is 43.3 Å². The van der Waals surface area contributed by atoms with Crippen LogP contribution < -0.4 is 9.62 Å². The van der Waals surface area contributed by atoms with E-state index < -0.39 is 16.1 Å². The molecule has 1 aliphatic rings. The van der Waals surface area contributed by atoms with Gasteiger partial charge in [-0.2, -0.15) is 0 Å². The lowest BCUT2D eigenvalue weighted by molar-refractivity contribution is -0.122. The van der Waals surface area contributed by atoms with Crippen molar-refractivity contribution in [2.45, 2.75) is 52.2 Å². The fourth-order valence-electron chi connectivity index (χ4n) is 4.17. The zero-order chi connectivity index (χ0) is 22.4. The highest BCUT2D eigenvalue weighted by Gasteiger charge is 2.31. The van der Waals surface area contributed by atoms with Gasteiger partial charge in [0.25, 0.3) is 0 Å². The molecule has 3 rings (SSSR count). The molecule has 1 N–H and O–H groups in total. The van der Waals surface area contributed by atoms with Gasteiger partial charge in [-0.25, -0.2) is 8.42 Å². The number of carbonyl (C=O) groups excluding carboxylic acids is 1. The van der Waals surface area contributed by atoms with Crippen molar-refractivity contribution in [2.24, 2.45) is 0 Å². The topological polar surface area (TPSA) is 69.7 Å². The molecule has 1 saturated heterocycles. The van der Waals surface area contributed by atoms with Crippen LogP contribution in [0.5, 0.6) is 0 Å². The Kier molecular flexibility index (Phi) is 7.73. The third kappa shape index (κ3) is 6.31. The average Bonchev–Trinajstić information content (AvgIpc) is 3.22. The highest BCUT2D eigenvalue weighted by molar-refractivity contribution is 7.92. The lowest BCUT2D eigenvalue weighted by Crippen LogP contribution is -2.49. The molecule has 1 amide bonds. The molecule has 1 aliphatic heterocycles. The van der Waals surface area contributed by atoms with Crippen molar-refractivity contribution < 1.29 is 13.2 Å². The van der Waals surface area contributed by atoms with Crippen molar-refractivity contribution in [3.8, 4) is 0 Å². The van der Waals surface area contributed by atoms with E-state index >= 15 is 0 Å². The molecule has 7 heteroatoms. The summed E-state index contributed by atoms with van der Waals surface area (Å²) in [6, 6.07) is 14.7. The van der Waals surface area contributed by atoms with Crippen LogP contribution >= 0.6 is 0 Å². The Morgan fingerprint density at radius 2 is 1.77 bits per heavy atom. The number of aryl methyl sites for hydroxylation is 1. The number of sulfonamides is 1. The van der Waals surface area contributed by atoms with Gasteiger partial charge in [0, 0.05) is 13.1 Å². The third-order valence-corrected chi connectivity index (χ3v) is 6.83. The zero-order valence-electron chi connectivity index (χ0n) is 18.7. The fraction of sp³-hybridized carbons (Fsp3) is 0.458. The van der Waals surface area contributed by atoms with Crippen LogP contribution in [0.25, 0.3) is 0 Å². The van der Waals surface area contributed by atoms with E-state index in [-0.39, 0.29) is 5.91 Å². The van der Waals surface area contributed by atoms with Gasteiger partial charge in [-0.15, -0.1) is 0 Å². The summed E-state index contributed by atoms with van der Waals surface area (Å²) in [5, 5.41) is 2.95. The molecule has 2 aromatic rings. The lowest BCUT2D eigenvalue weighted by atomic mass is 10.1. The van der Waals surface area contributed by atoms with Gasteiger partial charge < -0.3 is 5.32 Å². The van der Waals surface area contributed by atoms with Crippen LogP contribution in [0.3, 0.4) is 0 Å². The Morgan fingerprint density at radius 3 is 2.42 bits per heavy atom. The predicted molar refractivity (Wildman–Crippen MR) is 125 cm³/mol. The van der Waals surface area contributed by atoms with Crippen LogP contribution in [0.4, 0.5) is 5.69 Å². The summed E-state index contributed by atoms with van der Waals surface area (Å²) in [5.74, 6) is -0.292. The number of nitrogens with zero attached hydrogens (tertiary/aromatic N) is 2. The molecule has 0 radical (unpaired) electrons. The second-order valence-electron chi connectivity index (χ2n) is 8.34. The summed E-state index contributed by atoms with van der Waals surface area (Å²) in [6.45, 7) is 7.30. The molecule has 0 aromatic heterocycles. The molecular weight excluding hydrogens is 410 g/mol. The lowest BCUT2D eigenvalue weighted by Gasteiger charge is -2.30. The summed E-state index contributed by atoms with van der Waals surface area (Å²) in [7, 11) is -3.63. The predicted octanol–water partition coefficient (Wildman–Crippen LogP) is 3.45. The molecule has 31 heavy (non-hydrogen) atoms. The first-order valence-electron chi connectivity index (χ1n) is 10.9. The minimum absolute atomic E-state index is 0.292. The zero-order valence-corrected chi connectivity index (χ0v) is 19.5. The maximum atomic E-state index is 13.0. The Labute approximate surface area is 186 Å². The Bertz CT molecular complexity index is 1000. The number of hydrogen-bond acceptors (Lipinski definition) is 4. The number of likely N-dealkylation sites (tertiary alicyclic amines) is 1. The minimum Gasteiger partial charge on any atom is -0.350 e. The first kappa shape index (κ1) is 23.3. The molecule has 0 saturated carbocycles. The highest BCUT2D eigenvalue weighted by Crippen LogP contribution is 2.23. The van der Waals surface area contributed by atoms with E-state index in [1.165, 1.54) is 22.7 Å². The van der Waals surface area contributed by atoms with Gasteiger partial charge in [0.2, 0.25) is 15.9 Å². The summed E-state index contributed by atoms with van der Waals surface area (Å²) in [6.07, 6.45) is 4.03. The Balaban J connectivity index is 1.71. The number of benzene rings is 2. The van der Waals surface area contributed by atoms with Gasteiger partial charge in [-0.05, 0) is 68.1 Å². The Morgan fingerprint density at radius 1 is 1.10 bits per heavy atom. The molecule has 0 bridgehead atoms. The number of rotatable bonds is 9.